The SMILES string of the molecule is Cn1cc([C@H]2OCCC[C@@H]2NC(=O)C2COc3ccccc32)cn1. The molecule has 1 fully saturated rings. The predicted octanol–water partition coefficient (Wildman–Crippen LogP) is 1.93. The number of hydrogen-bond acceptors (Lipinski definition) is 4. The lowest BCUT2D eigenvalue weighted by Gasteiger charge is -2.32. The number of carbonyl (C=O) groups is 1. The number of aryl methyl sites for hydroxylation is 1. The Kier molecular flexibility index (Phi) is 3.98. The minimum atomic E-state index is -0.252. The normalized spacial score (nSPS) is 25.8. The van der Waals surface area contributed by atoms with E-state index in [2.05, 4.69) is 10.4 Å². The maximum Gasteiger partial charge on any atom is 0.231 e. The fourth-order valence-electron chi connectivity index (χ4n) is 3.51. The van der Waals surface area contributed by atoms with Crippen LogP contribution in [0.1, 0.15) is 36.0 Å². The lowest BCUT2D eigenvalue weighted by molar-refractivity contribution is -0.125. The summed E-state index contributed by atoms with van der Waals surface area (Å²) in [4.78, 5) is 12.8. The van der Waals surface area contributed by atoms with Gasteiger partial charge in [-0.2, -0.15) is 5.10 Å². The van der Waals surface area contributed by atoms with E-state index in [0.717, 1.165) is 29.7 Å². The zero-order chi connectivity index (χ0) is 16.5. The average molecular weight is 327 g/mol. The van der Waals surface area contributed by atoms with Crippen LogP contribution in [-0.4, -0.2) is 34.9 Å². The van der Waals surface area contributed by atoms with Crippen LogP contribution in [0.3, 0.4) is 0 Å². The molecule has 3 atom stereocenters. The van der Waals surface area contributed by atoms with Gasteiger partial charge in [-0.1, -0.05) is 18.2 Å². The molecule has 3 heterocycles. The second-order valence-corrected chi connectivity index (χ2v) is 6.40. The van der Waals surface area contributed by atoms with Crippen molar-refractivity contribution in [3.8, 4) is 5.75 Å². The van der Waals surface area contributed by atoms with Gasteiger partial charge in [0.15, 0.2) is 0 Å². The highest BCUT2D eigenvalue weighted by Gasteiger charge is 2.35. The third-order valence-corrected chi connectivity index (χ3v) is 4.72. The molecule has 0 saturated carbocycles. The van der Waals surface area contributed by atoms with Gasteiger partial charge < -0.3 is 14.8 Å². The molecule has 6 nitrogen and oxygen atoms in total. The van der Waals surface area contributed by atoms with Crippen molar-refractivity contribution in [3.63, 3.8) is 0 Å². The third kappa shape index (κ3) is 2.78. The third-order valence-electron chi connectivity index (χ3n) is 4.72. The summed E-state index contributed by atoms with van der Waals surface area (Å²) in [6.45, 7) is 1.11. The average Bonchev–Trinajstić information content (AvgIpc) is 3.21. The van der Waals surface area contributed by atoms with Gasteiger partial charge in [0.25, 0.3) is 0 Å². The number of nitrogens with one attached hydrogen (secondary N) is 1. The van der Waals surface area contributed by atoms with Crippen molar-refractivity contribution >= 4 is 5.91 Å². The van der Waals surface area contributed by atoms with Crippen LogP contribution >= 0.6 is 0 Å². The summed E-state index contributed by atoms with van der Waals surface area (Å²) in [6, 6.07) is 7.69. The maximum atomic E-state index is 12.8. The van der Waals surface area contributed by atoms with Gasteiger partial charge in [0.2, 0.25) is 5.91 Å². The highest BCUT2D eigenvalue weighted by atomic mass is 16.5. The van der Waals surface area contributed by atoms with Crippen LogP contribution in [0, 0.1) is 0 Å². The molecule has 4 rings (SSSR count). The number of benzene rings is 1. The number of carbonyl (C=O) groups excluding carboxylic acids is 1. The number of hydrogen-bond donors (Lipinski definition) is 1. The summed E-state index contributed by atoms with van der Waals surface area (Å²) in [5.41, 5.74) is 1.97. The first-order valence-electron chi connectivity index (χ1n) is 8.34. The van der Waals surface area contributed by atoms with Crippen molar-refractivity contribution in [2.75, 3.05) is 13.2 Å². The van der Waals surface area contributed by atoms with Crippen LogP contribution in [-0.2, 0) is 16.6 Å². The molecule has 1 amide bonds. The molecular weight excluding hydrogens is 306 g/mol. The van der Waals surface area contributed by atoms with E-state index in [1.54, 1.807) is 4.68 Å². The molecule has 0 spiro atoms. The second kappa shape index (κ2) is 6.28. The number of amides is 1. The standard InChI is InChI=1S/C18H21N3O3/c1-21-10-12(9-19-21)17-15(6-4-8-23-17)20-18(22)14-11-24-16-7-3-2-5-13(14)16/h2-3,5,7,9-10,14-15,17H,4,6,8,11H2,1H3,(H,20,22)/t14?,15-,17+/m0/s1. The molecule has 6 heteroatoms. The van der Waals surface area contributed by atoms with Crippen LogP contribution in [0.25, 0.3) is 0 Å². The molecule has 1 aromatic heterocycles. The summed E-state index contributed by atoms with van der Waals surface area (Å²) >= 11 is 0. The summed E-state index contributed by atoms with van der Waals surface area (Å²) in [5, 5.41) is 7.40. The first-order chi connectivity index (χ1) is 11.7. The highest BCUT2D eigenvalue weighted by molar-refractivity contribution is 5.85. The van der Waals surface area contributed by atoms with E-state index in [4.69, 9.17) is 9.47 Å². The number of rotatable bonds is 3. The highest BCUT2D eigenvalue weighted by Crippen LogP contribution is 2.34. The maximum absolute atomic E-state index is 12.8. The molecule has 0 aliphatic carbocycles. The predicted molar refractivity (Wildman–Crippen MR) is 87.7 cm³/mol. The molecule has 1 unspecified atom stereocenters. The van der Waals surface area contributed by atoms with Gasteiger partial charge in [0.1, 0.15) is 24.4 Å². The topological polar surface area (TPSA) is 65.4 Å². The molecule has 0 bridgehead atoms. The van der Waals surface area contributed by atoms with E-state index in [-0.39, 0.29) is 24.0 Å². The Morgan fingerprint density at radius 3 is 3.08 bits per heavy atom. The monoisotopic (exact) mass is 327 g/mol. The van der Waals surface area contributed by atoms with Crippen LogP contribution in [0.5, 0.6) is 5.75 Å². The Morgan fingerprint density at radius 1 is 1.38 bits per heavy atom. The van der Waals surface area contributed by atoms with Crippen molar-refractivity contribution in [2.24, 2.45) is 7.05 Å². The summed E-state index contributed by atoms with van der Waals surface area (Å²) in [7, 11) is 1.88. The fourth-order valence-corrected chi connectivity index (χ4v) is 3.51. The van der Waals surface area contributed by atoms with Crippen molar-refractivity contribution < 1.29 is 14.3 Å². The molecular formula is C18H21N3O3. The van der Waals surface area contributed by atoms with E-state index < -0.39 is 0 Å². The minimum Gasteiger partial charge on any atom is -0.492 e. The first-order valence-corrected chi connectivity index (χ1v) is 8.34. The molecule has 2 aromatic rings. The van der Waals surface area contributed by atoms with Gasteiger partial charge in [-0.15, -0.1) is 0 Å². The zero-order valence-corrected chi connectivity index (χ0v) is 13.6. The van der Waals surface area contributed by atoms with E-state index >= 15 is 0 Å². The van der Waals surface area contributed by atoms with Gasteiger partial charge in [0.05, 0.1) is 12.2 Å². The Morgan fingerprint density at radius 2 is 2.25 bits per heavy atom. The van der Waals surface area contributed by atoms with E-state index in [1.807, 2.05) is 43.7 Å². The number of fused-ring (bicyclic) bond motifs is 1. The molecule has 2 aliphatic rings. The summed E-state index contributed by atoms with van der Waals surface area (Å²) in [6.07, 6.45) is 5.46. The lowest BCUT2D eigenvalue weighted by Crippen LogP contribution is -2.44. The number of aromatic nitrogens is 2. The molecule has 1 N–H and O–H groups in total. The molecule has 1 saturated heterocycles. The van der Waals surface area contributed by atoms with Crippen LogP contribution in [0.4, 0.5) is 0 Å². The van der Waals surface area contributed by atoms with Crippen molar-refractivity contribution in [3.05, 3.63) is 47.8 Å². The fraction of sp³-hybridized carbons (Fsp3) is 0.444. The Labute approximate surface area is 140 Å². The van der Waals surface area contributed by atoms with Crippen LogP contribution in [0.15, 0.2) is 36.7 Å². The van der Waals surface area contributed by atoms with Gasteiger partial charge in [-0.05, 0) is 18.9 Å². The van der Waals surface area contributed by atoms with Gasteiger partial charge in [-0.25, -0.2) is 0 Å². The largest absolute Gasteiger partial charge is 0.492 e. The second-order valence-electron chi connectivity index (χ2n) is 6.40. The number of ether oxygens (including phenoxy) is 2. The number of nitrogens with zero attached hydrogens (tertiary/aromatic N) is 2. The van der Waals surface area contributed by atoms with Crippen LogP contribution < -0.4 is 10.1 Å². The zero-order valence-electron chi connectivity index (χ0n) is 13.6. The van der Waals surface area contributed by atoms with Gasteiger partial charge in [-0.3, -0.25) is 9.48 Å². The number of para-hydroxylation sites is 1. The van der Waals surface area contributed by atoms with Gasteiger partial charge in [0, 0.05) is 31.0 Å². The molecule has 1 aromatic carbocycles. The smallest absolute Gasteiger partial charge is 0.231 e. The van der Waals surface area contributed by atoms with Gasteiger partial charge >= 0.3 is 0 Å². The molecule has 24 heavy (non-hydrogen) atoms. The Hall–Kier alpha value is -2.34. The van der Waals surface area contributed by atoms with Crippen molar-refractivity contribution in [1.29, 1.82) is 0 Å². The summed E-state index contributed by atoms with van der Waals surface area (Å²) in [5.74, 6) is 0.559. The lowest BCUT2D eigenvalue weighted by atomic mass is 9.95. The molecule has 2 aliphatic heterocycles. The molecule has 126 valence electrons. The van der Waals surface area contributed by atoms with Crippen molar-refractivity contribution in [1.82, 2.24) is 15.1 Å². The Bertz CT molecular complexity index is 743. The Balaban J connectivity index is 1.50. The first kappa shape index (κ1) is 15.2. The minimum absolute atomic E-state index is 0.00402. The van der Waals surface area contributed by atoms with E-state index in [0.29, 0.717) is 13.2 Å². The van der Waals surface area contributed by atoms with E-state index in [1.165, 1.54) is 0 Å². The summed E-state index contributed by atoms with van der Waals surface area (Å²) < 4.78 is 13.3. The van der Waals surface area contributed by atoms with Crippen molar-refractivity contribution in [2.45, 2.75) is 30.9 Å². The van der Waals surface area contributed by atoms with Crippen LogP contribution in [0.2, 0.25) is 0 Å². The molecule has 0 radical (unpaired) electrons. The van der Waals surface area contributed by atoms with E-state index in [9.17, 15) is 4.79 Å². The quantitative estimate of drug-likeness (QED) is 0.935.